The maximum absolute atomic E-state index is 14.8. The van der Waals surface area contributed by atoms with Crippen LogP contribution in [0.15, 0.2) is 47.5 Å². The van der Waals surface area contributed by atoms with Crippen molar-refractivity contribution >= 4 is 34.8 Å². The fourth-order valence-electron chi connectivity index (χ4n) is 3.68. The lowest BCUT2D eigenvalue weighted by atomic mass is 10.0. The largest absolute Gasteiger partial charge is 0.482 e. The first-order valence-electron chi connectivity index (χ1n) is 11.3. The number of rotatable bonds is 6. The number of alkyl halides is 3. The molecule has 1 saturated heterocycles. The molecule has 2 aromatic carbocycles. The molecule has 3 amide bonds. The van der Waals surface area contributed by atoms with Gasteiger partial charge < -0.3 is 24.8 Å². The Morgan fingerprint density at radius 1 is 1.16 bits per heavy atom. The summed E-state index contributed by atoms with van der Waals surface area (Å²) in [6, 6.07) is 6.05. The Bertz CT molecular complexity index is 1290. The molecule has 0 saturated carbocycles. The first kappa shape index (κ1) is 26.1. The number of benzene rings is 2. The van der Waals surface area contributed by atoms with Gasteiger partial charge in [0.25, 0.3) is 5.91 Å². The van der Waals surface area contributed by atoms with Crippen LogP contribution in [-0.4, -0.2) is 43.3 Å². The molecule has 12 heteroatoms. The average Bonchev–Trinajstić information content (AvgIpc) is 2.80. The lowest BCUT2D eigenvalue weighted by molar-refractivity contribution is -0.160. The van der Waals surface area contributed by atoms with Gasteiger partial charge in [0.2, 0.25) is 5.90 Å². The predicted octanol–water partition coefficient (Wildman–Crippen LogP) is 5.40. The van der Waals surface area contributed by atoms with Crippen LogP contribution in [0.5, 0.6) is 5.75 Å². The van der Waals surface area contributed by atoms with E-state index in [1.54, 1.807) is 19.9 Å². The molecule has 196 valence electrons. The Labute approximate surface area is 209 Å². The summed E-state index contributed by atoms with van der Waals surface area (Å²) in [5.74, 6) is -1.51. The topological polar surface area (TPSA) is 98.2 Å². The minimum absolute atomic E-state index is 0.0344. The van der Waals surface area contributed by atoms with E-state index in [0.717, 1.165) is 18.2 Å². The van der Waals surface area contributed by atoms with Crippen molar-refractivity contribution in [3.05, 3.63) is 59.4 Å². The van der Waals surface area contributed by atoms with Gasteiger partial charge in [-0.1, -0.05) is 12.1 Å². The second kappa shape index (κ2) is 10.2. The minimum Gasteiger partial charge on any atom is -0.482 e. The zero-order chi connectivity index (χ0) is 26.8. The Morgan fingerprint density at radius 2 is 1.92 bits per heavy atom. The molecule has 2 aliphatic rings. The molecule has 0 unspecified atom stereocenters. The predicted molar refractivity (Wildman–Crippen MR) is 127 cm³/mol. The van der Waals surface area contributed by atoms with E-state index in [-0.39, 0.29) is 55.2 Å². The Kier molecular flexibility index (Phi) is 7.21. The van der Waals surface area contributed by atoms with Gasteiger partial charge in [0.05, 0.1) is 31.1 Å². The number of urea groups is 1. The number of halogens is 4. The van der Waals surface area contributed by atoms with Crippen LogP contribution in [0, 0.1) is 5.82 Å². The second-order valence-corrected chi connectivity index (χ2v) is 8.59. The van der Waals surface area contributed by atoms with Crippen molar-refractivity contribution in [1.82, 2.24) is 0 Å². The monoisotopic (exact) mass is 521 g/mol. The van der Waals surface area contributed by atoms with E-state index in [4.69, 9.17) is 14.2 Å². The highest BCUT2D eigenvalue weighted by Gasteiger charge is 2.40. The molecule has 0 aliphatic carbocycles. The summed E-state index contributed by atoms with van der Waals surface area (Å²) < 4.78 is 71.5. The summed E-state index contributed by atoms with van der Waals surface area (Å²) in [6.07, 6.45) is -3.14. The molecule has 2 N–H and O–H groups in total. The third kappa shape index (κ3) is 6.08. The van der Waals surface area contributed by atoms with Crippen LogP contribution < -0.4 is 15.4 Å². The SMILES string of the molecule is CCOC1=NC(=O)CC=C1c1ccc(NC(=O)Nc2ccc(OC3(C)COC3)c(C(F)(F)F)c2)c(F)c1. The number of amides is 3. The smallest absolute Gasteiger partial charge is 0.420 e. The summed E-state index contributed by atoms with van der Waals surface area (Å²) in [5.41, 5.74) is -1.51. The number of dihydropyridines is 1. The highest BCUT2D eigenvalue weighted by molar-refractivity contribution is 6.24. The molecule has 2 heterocycles. The maximum atomic E-state index is 14.8. The zero-order valence-corrected chi connectivity index (χ0v) is 19.9. The lowest BCUT2D eigenvalue weighted by Crippen LogP contribution is -2.51. The molecule has 1 fully saturated rings. The number of nitrogens with one attached hydrogen (secondary N) is 2. The van der Waals surface area contributed by atoms with Crippen molar-refractivity contribution in [1.29, 1.82) is 0 Å². The van der Waals surface area contributed by atoms with E-state index in [0.29, 0.717) is 11.1 Å². The van der Waals surface area contributed by atoms with E-state index >= 15 is 0 Å². The molecule has 2 aromatic rings. The summed E-state index contributed by atoms with van der Waals surface area (Å²) in [6.45, 7) is 3.92. The van der Waals surface area contributed by atoms with Crippen LogP contribution in [0.1, 0.15) is 31.4 Å². The second-order valence-electron chi connectivity index (χ2n) is 8.59. The summed E-state index contributed by atoms with van der Waals surface area (Å²) in [5, 5.41) is 4.54. The molecular weight excluding hydrogens is 498 g/mol. The van der Waals surface area contributed by atoms with E-state index in [1.807, 2.05) is 0 Å². The number of hydrogen-bond acceptors (Lipinski definition) is 5. The zero-order valence-electron chi connectivity index (χ0n) is 19.9. The van der Waals surface area contributed by atoms with Crippen molar-refractivity contribution in [3.63, 3.8) is 0 Å². The number of hydrogen-bond donors (Lipinski definition) is 2. The molecule has 0 spiro atoms. The summed E-state index contributed by atoms with van der Waals surface area (Å²) in [4.78, 5) is 27.8. The van der Waals surface area contributed by atoms with Gasteiger partial charge in [0.1, 0.15) is 11.6 Å². The van der Waals surface area contributed by atoms with Gasteiger partial charge >= 0.3 is 12.2 Å². The van der Waals surface area contributed by atoms with Crippen molar-refractivity contribution in [2.24, 2.45) is 4.99 Å². The Hall–Kier alpha value is -3.93. The third-order valence-corrected chi connectivity index (χ3v) is 5.46. The number of ether oxygens (including phenoxy) is 3. The third-order valence-electron chi connectivity index (χ3n) is 5.46. The van der Waals surface area contributed by atoms with Gasteiger partial charge in [-0.2, -0.15) is 18.2 Å². The number of aliphatic imine (C=N–C) groups is 1. The van der Waals surface area contributed by atoms with E-state index < -0.39 is 29.2 Å². The number of nitrogens with zero attached hydrogens (tertiary/aromatic N) is 1. The fraction of sp³-hybridized carbons (Fsp3) is 0.320. The molecule has 37 heavy (non-hydrogen) atoms. The molecular formula is C25H23F4N3O5. The van der Waals surface area contributed by atoms with Crippen LogP contribution in [-0.2, 0) is 20.4 Å². The number of anilines is 2. The van der Waals surface area contributed by atoms with Crippen molar-refractivity contribution in [2.75, 3.05) is 30.5 Å². The average molecular weight is 521 g/mol. The van der Waals surface area contributed by atoms with Crippen LogP contribution in [0.4, 0.5) is 33.7 Å². The lowest BCUT2D eigenvalue weighted by Gasteiger charge is -2.38. The Balaban J connectivity index is 1.47. The first-order valence-corrected chi connectivity index (χ1v) is 11.3. The van der Waals surface area contributed by atoms with Crippen LogP contribution in [0.3, 0.4) is 0 Å². The molecule has 8 nitrogen and oxygen atoms in total. The van der Waals surface area contributed by atoms with Gasteiger partial charge in [-0.15, -0.1) is 0 Å². The van der Waals surface area contributed by atoms with E-state index in [1.165, 1.54) is 18.2 Å². The van der Waals surface area contributed by atoms with Gasteiger partial charge in [0.15, 0.2) is 5.60 Å². The van der Waals surface area contributed by atoms with Crippen LogP contribution >= 0.6 is 0 Å². The summed E-state index contributed by atoms with van der Waals surface area (Å²) >= 11 is 0. The first-order chi connectivity index (χ1) is 17.5. The normalized spacial score (nSPS) is 16.8. The number of carbonyl (C=O) groups is 2. The van der Waals surface area contributed by atoms with Gasteiger partial charge in [-0.25, -0.2) is 9.18 Å². The number of carbonyl (C=O) groups excluding carboxylic acids is 2. The van der Waals surface area contributed by atoms with Gasteiger partial charge in [0, 0.05) is 17.7 Å². The van der Waals surface area contributed by atoms with E-state index in [2.05, 4.69) is 15.6 Å². The quantitative estimate of drug-likeness (QED) is 0.496. The van der Waals surface area contributed by atoms with E-state index in [9.17, 15) is 27.2 Å². The van der Waals surface area contributed by atoms with Crippen LogP contribution in [0.25, 0.3) is 5.57 Å². The minimum atomic E-state index is -4.74. The van der Waals surface area contributed by atoms with Crippen molar-refractivity contribution < 1.29 is 41.4 Å². The molecule has 0 bridgehead atoms. The van der Waals surface area contributed by atoms with Gasteiger partial charge in [-0.05, 0) is 49.7 Å². The molecule has 2 aliphatic heterocycles. The van der Waals surface area contributed by atoms with Crippen molar-refractivity contribution in [2.45, 2.75) is 32.0 Å². The highest BCUT2D eigenvalue weighted by Crippen LogP contribution is 2.40. The Morgan fingerprint density at radius 3 is 2.54 bits per heavy atom. The highest BCUT2D eigenvalue weighted by atomic mass is 19.4. The van der Waals surface area contributed by atoms with Crippen molar-refractivity contribution in [3.8, 4) is 5.75 Å². The molecule has 0 atom stereocenters. The molecule has 4 rings (SSSR count). The summed E-state index contributed by atoms with van der Waals surface area (Å²) in [7, 11) is 0. The standard InChI is InChI=1S/C25H23F4N3O5/c1-3-36-22-16(6-9-21(33)32-22)14-4-7-19(18(26)10-14)31-23(34)30-15-5-8-20(17(11-15)25(27,28)29)37-24(2)12-35-13-24/h4-8,10-11H,3,9,12-13H2,1-2H3,(H2,30,31,34). The maximum Gasteiger partial charge on any atom is 0.420 e. The molecule has 0 aromatic heterocycles. The molecule has 0 radical (unpaired) electrons. The fourth-order valence-corrected chi connectivity index (χ4v) is 3.68. The van der Waals surface area contributed by atoms with Gasteiger partial charge in [-0.3, -0.25) is 4.79 Å². The van der Waals surface area contributed by atoms with Crippen LogP contribution in [0.2, 0.25) is 0 Å².